The Morgan fingerprint density at radius 1 is 0.355 bits per heavy atom. The van der Waals surface area contributed by atoms with E-state index in [1.54, 1.807) is 0 Å². The lowest BCUT2D eigenvalue weighted by Crippen LogP contribution is -2.01. The van der Waals surface area contributed by atoms with E-state index in [9.17, 15) is 0 Å². The van der Waals surface area contributed by atoms with Crippen LogP contribution in [0.25, 0.3) is 127 Å². The summed E-state index contributed by atoms with van der Waals surface area (Å²) in [5.41, 5.74) is 9.78. The average Bonchev–Trinajstić information content (AvgIpc) is 3.90. The molecule has 5 nitrogen and oxygen atoms in total. The van der Waals surface area contributed by atoms with Crippen molar-refractivity contribution >= 4 is 76.1 Å². The molecule has 0 aliphatic carbocycles. The van der Waals surface area contributed by atoms with Crippen LogP contribution in [0.15, 0.2) is 211 Å². The number of aromatic nitrogens is 4. The standard InChI is InChI=1S/C57H34N4O/c1-3-15-35(16-4-1)42-22-11-12-24-45(42)56-58-55(37-18-5-2-6-19-37)59-57(60-56)49-32-40-27-29-41(34-47(40)52-46-25-13-14-26-51(46)62-54(49)52)61-50-33-39-21-8-7-20-38(39)31-48(50)44-30-28-36-17-9-10-23-43(36)53(44)61/h1-34H. The third-order valence-corrected chi connectivity index (χ3v) is 12.4. The maximum atomic E-state index is 6.90. The Labute approximate surface area is 355 Å². The summed E-state index contributed by atoms with van der Waals surface area (Å²) in [7, 11) is 0. The van der Waals surface area contributed by atoms with Gasteiger partial charge in [-0.3, -0.25) is 0 Å². The minimum Gasteiger partial charge on any atom is -0.455 e. The minimum atomic E-state index is 0.549. The molecule has 3 heterocycles. The Morgan fingerprint density at radius 3 is 1.77 bits per heavy atom. The second-order valence-electron chi connectivity index (χ2n) is 16.0. The van der Waals surface area contributed by atoms with Gasteiger partial charge in [0.15, 0.2) is 17.5 Å². The molecule has 288 valence electrons. The number of rotatable bonds is 5. The van der Waals surface area contributed by atoms with Gasteiger partial charge in [0.05, 0.1) is 16.6 Å². The molecular weight excluding hydrogens is 757 g/mol. The molecule has 0 atom stereocenters. The first kappa shape index (κ1) is 34.5. The van der Waals surface area contributed by atoms with E-state index in [1.165, 1.54) is 43.4 Å². The molecule has 62 heavy (non-hydrogen) atoms. The van der Waals surface area contributed by atoms with E-state index in [0.29, 0.717) is 17.5 Å². The van der Waals surface area contributed by atoms with Crippen molar-refractivity contribution in [2.75, 3.05) is 0 Å². The van der Waals surface area contributed by atoms with Gasteiger partial charge in [0.1, 0.15) is 11.2 Å². The smallest absolute Gasteiger partial charge is 0.167 e. The highest BCUT2D eigenvalue weighted by Gasteiger charge is 2.23. The van der Waals surface area contributed by atoms with Crippen LogP contribution in [0, 0.1) is 0 Å². The first-order valence-electron chi connectivity index (χ1n) is 20.9. The van der Waals surface area contributed by atoms with Gasteiger partial charge >= 0.3 is 0 Å². The molecule has 0 saturated carbocycles. The van der Waals surface area contributed by atoms with Crippen LogP contribution in [0.5, 0.6) is 0 Å². The van der Waals surface area contributed by atoms with Gasteiger partial charge < -0.3 is 8.98 Å². The minimum absolute atomic E-state index is 0.549. The Kier molecular flexibility index (Phi) is 7.54. The van der Waals surface area contributed by atoms with Gasteiger partial charge in [-0.05, 0) is 74.5 Å². The van der Waals surface area contributed by atoms with Crippen molar-refractivity contribution in [2.24, 2.45) is 0 Å². The molecule has 0 fully saturated rings. The number of para-hydroxylation sites is 1. The summed E-state index contributed by atoms with van der Waals surface area (Å²) in [6.45, 7) is 0. The number of nitrogens with zero attached hydrogens (tertiary/aromatic N) is 4. The van der Waals surface area contributed by atoms with E-state index in [2.05, 4.69) is 156 Å². The second kappa shape index (κ2) is 13.6. The fourth-order valence-corrected chi connectivity index (χ4v) is 9.53. The van der Waals surface area contributed by atoms with Crippen LogP contribution < -0.4 is 0 Å². The fraction of sp³-hybridized carbons (Fsp3) is 0. The summed E-state index contributed by atoms with van der Waals surface area (Å²) in [5.74, 6) is 1.74. The molecule has 0 radical (unpaired) electrons. The summed E-state index contributed by atoms with van der Waals surface area (Å²) in [6, 6.07) is 72.7. The predicted octanol–water partition coefficient (Wildman–Crippen LogP) is 15.0. The van der Waals surface area contributed by atoms with Crippen molar-refractivity contribution in [1.29, 1.82) is 0 Å². The zero-order valence-corrected chi connectivity index (χ0v) is 33.3. The van der Waals surface area contributed by atoms with Crippen LogP contribution in [0.3, 0.4) is 0 Å². The first-order chi connectivity index (χ1) is 30.7. The molecule has 5 heteroatoms. The van der Waals surface area contributed by atoms with Gasteiger partial charge in [-0.15, -0.1) is 0 Å². The molecule has 0 spiro atoms. The van der Waals surface area contributed by atoms with Gasteiger partial charge in [-0.1, -0.05) is 170 Å². The van der Waals surface area contributed by atoms with E-state index in [1.807, 2.05) is 54.6 Å². The highest BCUT2D eigenvalue weighted by atomic mass is 16.3. The Bertz CT molecular complexity index is 3920. The van der Waals surface area contributed by atoms with Crippen LogP contribution in [0.2, 0.25) is 0 Å². The largest absolute Gasteiger partial charge is 0.455 e. The van der Waals surface area contributed by atoms with E-state index in [-0.39, 0.29) is 0 Å². The van der Waals surface area contributed by atoms with Gasteiger partial charge in [0.2, 0.25) is 0 Å². The second-order valence-corrected chi connectivity index (χ2v) is 16.0. The number of hydrogen-bond acceptors (Lipinski definition) is 4. The molecule has 0 N–H and O–H groups in total. The van der Waals surface area contributed by atoms with E-state index >= 15 is 0 Å². The SMILES string of the molecule is c1ccc(-c2nc(-c3ccccc3-c3ccccc3)nc(-c3cc4ccc(-n5c6cc7ccccc7cc6c6ccc7ccccc7c65)cc4c4c3oc3ccccc34)n2)cc1. The lowest BCUT2D eigenvalue weighted by atomic mass is 9.98. The molecule has 10 aromatic carbocycles. The average molecular weight is 791 g/mol. The molecular formula is C57H34N4O. The van der Waals surface area contributed by atoms with Crippen LogP contribution in [0.1, 0.15) is 0 Å². The van der Waals surface area contributed by atoms with Gasteiger partial charge in [-0.2, -0.15) is 0 Å². The molecule has 0 saturated heterocycles. The van der Waals surface area contributed by atoms with E-state index < -0.39 is 0 Å². The van der Waals surface area contributed by atoms with Gasteiger partial charge in [0.25, 0.3) is 0 Å². The Balaban J connectivity index is 1.10. The van der Waals surface area contributed by atoms with Crippen molar-refractivity contribution in [1.82, 2.24) is 19.5 Å². The quantitative estimate of drug-likeness (QED) is 0.174. The first-order valence-corrected chi connectivity index (χ1v) is 20.9. The third kappa shape index (κ3) is 5.32. The maximum Gasteiger partial charge on any atom is 0.167 e. The zero-order chi connectivity index (χ0) is 40.7. The Hall–Kier alpha value is -8.41. The lowest BCUT2D eigenvalue weighted by molar-refractivity contribution is 0.670. The molecule has 13 aromatic rings. The van der Waals surface area contributed by atoms with Crippen LogP contribution in [-0.4, -0.2) is 19.5 Å². The number of hydrogen-bond donors (Lipinski definition) is 0. The van der Waals surface area contributed by atoms with Crippen molar-refractivity contribution < 1.29 is 4.42 Å². The molecule has 0 bridgehead atoms. The number of furan rings is 1. The van der Waals surface area contributed by atoms with Crippen LogP contribution in [0.4, 0.5) is 0 Å². The summed E-state index contributed by atoms with van der Waals surface area (Å²) in [6.07, 6.45) is 0. The fourth-order valence-electron chi connectivity index (χ4n) is 9.53. The van der Waals surface area contributed by atoms with Crippen LogP contribution >= 0.6 is 0 Å². The Morgan fingerprint density at radius 2 is 0.968 bits per heavy atom. The van der Waals surface area contributed by atoms with Crippen molar-refractivity contribution in [3.05, 3.63) is 206 Å². The topological polar surface area (TPSA) is 56.7 Å². The monoisotopic (exact) mass is 790 g/mol. The van der Waals surface area contributed by atoms with E-state index in [4.69, 9.17) is 19.4 Å². The maximum absolute atomic E-state index is 6.90. The molecule has 0 aliphatic heterocycles. The summed E-state index contributed by atoms with van der Waals surface area (Å²) in [4.78, 5) is 15.7. The number of fused-ring (bicyclic) bond motifs is 11. The zero-order valence-electron chi connectivity index (χ0n) is 33.3. The summed E-state index contributed by atoms with van der Waals surface area (Å²) in [5, 5.41) is 11.5. The summed E-state index contributed by atoms with van der Waals surface area (Å²) < 4.78 is 9.35. The molecule has 13 rings (SSSR count). The molecule has 0 unspecified atom stereocenters. The molecule has 3 aromatic heterocycles. The molecule has 0 amide bonds. The lowest BCUT2D eigenvalue weighted by Gasteiger charge is -2.14. The van der Waals surface area contributed by atoms with Crippen molar-refractivity contribution in [3.8, 4) is 51.0 Å². The van der Waals surface area contributed by atoms with Gasteiger partial charge in [-0.25, -0.2) is 15.0 Å². The van der Waals surface area contributed by atoms with E-state index in [0.717, 1.165) is 66.2 Å². The normalized spacial score (nSPS) is 11.9. The molecule has 0 aliphatic rings. The van der Waals surface area contributed by atoms with Crippen molar-refractivity contribution in [2.45, 2.75) is 0 Å². The summed E-state index contributed by atoms with van der Waals surface area (Å²) >= 11 is 0. The predicted molar refractivity (Wildman–Crippen MR) is 256 cm³/mol. The van der Waals surface area contributed by atoms with Gasteiger partial charge in [0, 0.05) is 43.7 Å². The van der Waals surface area contributed by atoms with Crippen molar-refractivity contribution in [3.63, 3.8) is 0 Å². The third-order valence-electron chi connectivity index (χ3n) is 12.4. The highest BCUT2D eigenvalue weighted by molar-refractivity contribution is 6.24. The number of benzene rings is 10. The highest BCUT2D eigenvalue weighted by Crippen LogP contribution is 2.44. The van der Waals surface area contributed by atoms with Crippen LogP contribution in [-0.2, 0) is 0 Å².